The molecule has 0 bridgehead atoms. The van der Waals surface area contributed by atoms with Crippen LogP contribution >= 0.6 is 34.0 Å². The molecule has 0 saturated heterocycles. The van der Waals surface area contributed by atoms with Gasteiger partial charge in [-0.15, -0.1) is 34.0 Å². The number of nitrogens with zero attached hydrogens (tertiary/aromatic N) is 2. The molecule has 5 heteroatoms. The van der Waals surface area contributed by atoms with Crippen LogP contribution in [0.5, 0.6) is 0 Å². The lowest BCUT2D eigenvalue weighted by atomic mass is 9.63. The summed E-state index contributed by atoms with van der Waals surface area (Å²) in [6, 6.07) is 100. The van der Waals surface area contributed by atoms with Gasteiger partial charge in [-0.3, -0.25) is 0 Å². The normalized spacial score (nSPS) is 13.7. The topological polar surface area (TPSA) is 6.48 Å². The molecule has 3 aliphatic rings. The van der Waals surface area contributed by atoms with E-state index in [2.05, 4.69) is 342 Å². The number of unbranched alkanes of at least 4 members (excludes halogenated alkanes) is 18. The molecule has 0 fully saturated rings. The summed E-state index contributed by atoms with van der Waals surface area (Å²) in [5.41, 5.74) is 32.6. The lowest BCUT2D eigenvalue weighted by Crippen LogP contribution is -2.31. The molecule has 0 amide bonds. The van der Waals surface area contributed by atoms with E-state index in [1.54, 1.807) is 66.8 Å². The van der Waals surface area contributed by atoms with Crippen LogP contribution in [0.3, 0.4) is 0 Å². The predicted octanol–water partition coefficient (Wildman–Crippen LogP) is 36.8. The molecule has 120 heavy (non-hydrogen) atoms. The Morgan fingerprint density at radius 1 is 0.250 bits per heavy atom. The van der Waals surface area contributed by atoms with Crippen LogP contribution in [-0.2, 0) is 16.2 Å². The molecule has 3 heterocycles. The molecular formula is C115H126N2S3. The van der Waals surface area contributed by atoms with E-state index in [4.69, 9.17) is 0 Å². The van der Waals surface area contributed by atoms with Crippen molar-refractivity contribution in [3.63, 3.8) is 0 Å². The van der Waals surface area contributed by atoms with Gasteiger partial charge in [-0.2, -0.15) is 0 Å². The lowest BCUT2D eigenvalue weighted by molar-refractivity contribution is 0.389. The molecule has 2 nitrogen and oxygen atoms in total. The maximum atomic E-state index is 2.82. The fourth-order valence-electron chi connectivity index (χ4n) is 21.1. The second-order valence-corrected chi connectivity index (χ2v) is 38.1. The predicted molar refractivity (Wildman–Crippen MR) is 528 cm³/mol. The summed E-state index contributed by atoms with van der Waals surface area (Å²) in [5, 5.41) is 2.31. The molecule has 0 N–H and O–H groups in total. The summed E-state index contributed by atoms with van der Waals surface area (Å²) in [6.45, 7) is 14.5. The first-order valence-corrected chi connectivity index (χ1v) is 49.1. The van der Waals surface area contributed by atoms with Crippen LogP contribution in [0, 0.1) is 0 Å². The van der Waals surface area contributed by atoms with Gasteiger partial charge >= 0.3 is 0 Å². The van der Waals surface area contributed by atoms with Gasteiger partial charge in [0.2, 0.25) is 0 Å². The van der Waals surface area contributed by atoms with Gasteiger partial charge in [0.1, 0.15) is 0 Å². The van der Waals surface area contributed by atoms with Crippen LogP contribution in [0.1, 0.15) is 288 Å². The molecule has 0 saturated carbocycles. The summed E-state index contributed by atoms with van der Waals surface area (Å²) in [7, 11) is 0. The van der Waals surface area contributed by atoms with E-state index in [0.29, 0.717) is 0 Å². The van der Waals surface area contributed by atoms with Crippen LogP contribution in [-0.4, -0.2) is 0 Å². The number of anilines is 6. The van der Waals surface area contributed by atoms with Crippen molar-refractivity contribution in [3.05, 3.63) is 320 Å². The van der Waals surface area contributed by atoms with Crippen molar-refractivity contribution in [1.29, 1.82) is 0 Å². The van der Waals surface area contributed by atoms with E-state index in [0.717, 1.165) is 47.0 Å². The highest BCUT2D eigenvalue weighted by atomic mass is 32.1. The molecular weight excluding hydrogens is 1510 g/mol. The molecule has 10 aromatic carbocycles. The van der Waals surface area contributed by atoms with Crippen LogP contribution in [0.15, 0.2) is 266 Å². The van der Waals surface area contributed by atoms with Crippen molar-refractivity contribution in [3.8, 4) is 64.7 Å². The van der Waals surface area contributed by atoms with Gasteiger partial charge in [-0.25, -0.2) is 0 Å². The number of fused-ring (bicyclic) bond motifs is 12. The minimum atomic E-state index is -0.216. The number of rotatable bonds is 43. The highest BCUT2D eigenvalue weighted by molar-refractivity contribution is 7.16. The van der Waals surface area contributed by atoms with Gasteiger partial charge < -0.3 is 9.80 Å². The fourth-order valence-corrected chi connectivity index (χ4v) is 23.6. The van der Waals surface area contributed by atoms with Gasteiger partial charge in [0, 0.05) is 74.8 Å². The molecule has 614 valence electrons. The zero-order valence-electron chi connectivity index (χ0n) is 72.5. The van der Waals surface area contributed by atoms with Crippen LogP contribution in [0.25, 0.3) is 89.0 Å². The average molecular weight is 1630 g/mol. The summed E-state index contributed by atoms with van der Waals surface area (Å²) in [4.78, 5) is 11.4. The molecule has 3 aliphatic carbocycles. The minimum Gasteiger partial charge on any atom is -0.311 e. The van der Waals surface area contributed by atoms with Crippen LogP contribution in [0.4, 0.5) is 34.1 Å². The SMILES string of the molecule is CCCCCCC1(CCCCCC)c2cc(-c3cccs3)ccc2-c2c1c1c(c3c2C(CCCCCC)(CCCCCC)c2cc(-c4ccc(/C=C/c5ccc(N(c6ccccc6)c6ccccc6)cc5)s4)ccc2-3)C(CCCCCC)(CCCCCC)c2cc(-c3ccc(/C=C/c4ccc(N(c5ccccc5)c5ccccc5)cc4)s3)ccc2-1. The van der Waals surface area contributed by atoms with E-state index in [9.17, 15) is 0 Å². The Morgan fingerprint density at radius 3 is 0.808 bits per heavy atom. The monoisotopic (exact) mass is 1630 g/mol. The van der Waals surface area contributed by atoms with Crippen molar-refractivity contribution < 1.29 is 0 Å². The first kappa shape index (κ1) is 84.0. The van der Waals surface area contributed by atoms with Crippen molar-refractivity contribution >= 4 is 92.4 Å². The molecule has 0 unspecified atom stereocenters. The molecule has 0 aliphatic heterocycles. The summed E-state index contributed by atoms with van der Waals surface area (Å²) >= 11 is 5.84. The smallest absolute Gasteiger partial charge is 0.0462 e. The summed E-state index contributed by atoms with van der Waals surface area (Å²) < 4.78 is 0. The average Bonchev–Trinajstić information content (AvgIpc) is 1.48. The minimum absolute atomic E-state index is 0.183. The standard InChI is InChI=1S/C115H126N2S3/c1-7-13-19-37-75-113(76-38-20-14-8-2)101-82-87(104-52-43-81-118-104)59-70-98(101)107-110(113)108-99-71-60-88(105-73-68-96(119-105)66-57-85-53-62-94(63-54-85)116(90-44-29-25-30-45-90)91-46-31-26-32-47-91)83-102(99)115(79-41-23-17-11-5,80-42-24-18-12-6)112(108)109-100-72-61-89(84-103(100)114(111(107)109,77-39-21-15-9-3)78-40-22-16-10-4)106-74-69-97(120-106)67-58-86-55-64-95(65-56-86)117(92-48-33-27-34-49-92)93-50-35-28-36-51-93/h25-36,43-74,81-84H,7-24,37-42,75-80H2,1-6H3/b66-57+,67-58+. The van der Waals surface area contributed by atoms with E-state index in [-0.39, 0.29) is 16.2 Å². The Morgan fingerprint density at radius 2 is 0.533 bits per heavy atom. The molecule has 16 rings (SSSR count). The number of para-hydroxylation sites is 4. The first-order valence-electron chi connectivity index (χ1n) is 46.6. The van der Waals surface area contributed by atoms with Crippen LogP contribution < -0.4 is 9.80 Å². The Kier molecular flexibility index (Phi) is 28.0. The van der Waals surface area contributed by atoms with Gasteiger partial charge in [0.15, 0.2) is 0 Å². The maximum Gasteiger partial charge on any atom is 0.0462 e. The Balaban J connectivity index is 0.891. The Labute approximate surface area is 732 Å². The number of benzene rings is 10. The van der Waals surface area contributed by atoms with Gasteiger partial charge in [-0.05, 0) is 272 Å². The van der Waals surface area contributed by atoms with Gasteiger partial charge in [-0.1, -0.05) is 347 Å². The third-order valence-electron chi connectivity index (χ3n) is 27.0. The number of hydrogen-bond donors (Lipinski definition) is 0. The Bertz CT molecular complexity index is 5230. The molecule has 3 aromatic heterocycles. The first-order chi connectivity index (χ1) is 59.2. The molecule has 13 aromatic rings. The zero-order chi connectivity index (χ0) is 82.1. The van der Waals surface area contributed by atoms with Crippen molar-refractivity contribution in [2.45, 2.75) is 250 Å². The third-order valence-corrected chi connectivity index (χ3v) is 30.1. The quantitative estimate of drug-likeness (QED) is 0.0352. The Hall–Kier alpha value is -9.62. The second kappa shape index (κ2) is 39.9. The molecule has 0 radical (unpaired) electrons. The number of thiophene rings is 3. The van der Waals surface area contributed by atoms with Crippen molar-refractivity contribution in [2.75, 3.05) is 9.80 Å². The number of hydrogen-bond acceptors (Lipinski definition) is 5. The van der Waals surface area contributed by atoms with Crippen molar-refractivity contribution in [1.82, 2.24) is 0 Å². The molecule has 0 atom stereocenters. The second-order valence-electron chi connectivity index (χ2n) is 34.9. The lowest BCUT2D eigenvalue weighted by Gasteiger charge is -2.40. The summed E-state index contributed by atoms with van der Waals surface area (Å²) in [6.07, 6.45) is 46.3. The zero-order valence-corrected chi connectivity index (χ0v) is 75.0. The fraction of sp³-hybridized carbons (Fsp3) is 0.339. The molecule has 0 spiro atoms. The van der Waals surface area contributed by atoms with Crippen LogP contribution in [0.2, 0.25) is 0 Å². The van der Waals surface area contributed by atoms with Gasteiger partial charge in [0.25, 0.3) is 0 Å². The van der Waals surface area contributed by atoms with Crippen molar-refractivity contribution in [2.24, 2.45) is 0 Å². The maximum absolute atomic E-state index is 2.82. The highest BCUT2D eigenvalue weighted by Crippen LogP contribution is 2.72. The van der Waals surface area contributed by atoms with Gasteiger partial charge in [0.05, 0.1) is 0 Å². The highest BCUT2D eigenvalue weighted by Gasteiger charge is 2.58. The van der Waals surface area contributed by atoms with E-state index in [1.807, 2.05) is 34.0 Å². The van der Waals surface area contributed by atoms with E-state index < -0.39 is 0 Å². The van der Waals surface area contributed by atoms with E-state index >= 15 is 0 Å². The van der Waals surface area contributed by atoms with E-state index in [1.165, 1.54) is 232 Å². The summed E-state index contributed by atoms with van der Waals surface area (Å²) in [5.74, 6) is 0. The third kappa shape index (κ3) is 17.6. The largest absolute Gasteiger partial charge is 0.311 e.